The van der Waals surface area contributed by atoms with Gasteiger partial charge in [-0.3, -0.25) is 0 Å². The number of ether oxygens (including phenoxy) is 2. The van der Waals surface area contributed by atoms with E-state index in [1.54, 1.807) is 0 Å². The lowest BCUT2D eigenvalue weighted by atomic mass is 10.0. The third-order valence-corrected chi connectivity index (χ3v) is 2.88. The lowest BCUT2D eigenvalue weighted by Crippen LogP contribution is -2.10. The zero-order chi connectivity index (χ0) is 13.5. The molecule has 0 unspecified atom stereocenters. The van der Waals surface area contributed by atoms with E-state index in [1.165, 1.54) is 25.3 Å². The predicted molar refractivity (Wildman–Crippen MR) is 66.5 cm³/mol. The molecule has 0 saturated carbocycles. The lowest BCUT2D eigenvalue weighted by Gasteiger charge is -2.13. The average molecular weight is 323 g/mol. The third kappa shape index (κ3) is 3.94. The second-order valence-electron chi connectivity index (χ2n) is 3.44. The van der Waals surface area contributed by atoms with Gasteiger partial charge in [-0.2, -0.15) is 8.78 Å². The third-order valence-electron chi connectivity index (χ3n) is 2.31. The van der Waals surface area contributed by atoms with Crippen LogP contribution in [0.2, 0.25) is 0 Å². The van der Waals surface area contributed by atoms with Gasteiger partial charge in [-0.1, -0.05) is 22.0 Å². The van der Waals surface area contributed by atoms with Crippen LogP contribution in [-0.4, -0.2) is 25.0 Å². The largest absolute Gasteiger partial charge is 0.465 e. The number of hydrogen-bond donors (Lipinski definition) is 0. The standard InChI is InChI=1S/C12H13BrF2O3/c1-17-11(16)9-4-2-6-10(18-12(14)15)8(9)5-3-7-13/h2,4,6,12H,3,5,7H2,1H3. The molecular formula is C12H13BrF2O3. The van der Waals surface area contributed by atoms with Crippen molar-refractivity contribution in [1.29, 1.82) is 0 Å². The second kappa shape index (κ2) is 7.31. The van der Waals surface area contributed by atoms with Crippen LogP contribution in [0.5, 0.6) is 5.75 Å². The molecule has 0 radical (unpaired) electrons. The molecule has 0 aliphatic heterocycles. The van der Waals surface area contributed by atoms with E-state index in [-0.39, 0.29) is 11.3 Å². The Morgan fingerprint density at radius 3 is 2.72 bits per heavy atom. The SMILES string of the molecule is COC(=O)c1cccc(OC(F)F)c1CCCBr. The Morgan fingerprint density at radius 1 is 1.44 bits per heavy atom. The lowest BCUT2D eigenvalue weighted by molar-refractivity contribution is -0.0505. The molecule has 0 heterocycles. The summed E-state index contributed by atoms with van der Waals surface area (Å²) in [7, 11) is 1.25. The summed E-state index contributed by atoms with van der Waals surface area (Å²) in [5.41, 5.74) is 0.709. The number of halogens is 3. The number of hydrogen-bond acceptors (Lipinski definition) is 3. The first-order valence-electron chi connectivity index (χ1n) is 5.31. The van der Waals surface area contributed by atoms with Gasteiger partial charge in [0.25, 0.3) is 0 Å². The number of alkyl halides is 3. The maximum absolute atomic E-state index is 12.3. The van der Waals surface area contributed by atoms with Crippen LogP contribution in [0, 0.1) is 0 Å². The quantitative estimate of drug-likeness (QED) is 0.594. The van der Waals surface area contributed by atoms with Crippen LogP contribution >= 0.6 is 15.9 Å². The Hall–Kier alpha value is -1.17. The molecule has 100 valence electrons. The van der Waals surface area contributed by atoms with Crippen molar-refractivity contribution < 1.29 is 23.0 Å². The molecule has 0 aliphatic rings. The minimum atomic E-state index is -2.92. The highest BCUT2D eigenvalue weighted by Gasteiger charge is 2.17. The number of methoxy groups -OCH3 is 1. The van der Waals surface area contributed by atoms with Crippen molar-refractivity contribution in [1.82, 2.24) is 0 Å². The van der Waals surface area contributed by atoms with Gasteiger partial charge in [0, 0.05) is 10.9 Å². The van der Waals surface area contributed by atoms with Crippen molar-refractivity contribution in [3.63, 3.8) is 0 Å². The Morgan fingerprint density at radius 2 is 2.17 bits per heavy atom. The maximum Gasteiger partial charge on any atom is 0.387 e. The van der Waals surface area contributed by atoms with E-state index in [1.807, 2.05) is 0 Å². The first-order chi connectivity index (χ1) is 8.60. The molecule has 1 rings (SSSR count). The fourth-order valence-corrected chi connectivity index (χ4v) is 1.86. The summed E-state index contributed by atoms with van der Waals surface area (Å²) in [5.74, 6) is -0.534. The normalized spacial score (nSPS) is 10.5. The molecule has 0 N–H and O–H groups in total. The van der Waals surface area contributed by atoms with Crippen molar-refractivity contribution in [2.24, 2.45) is 0 Å². The minimum Gasteiger partial charge on any atom is -0.465 e. The summed E-state index contributed by atoms with van der Waals surface area (Å²) in [6.07, 6.45) is 1.16. The Labute approximate surface area is 112 Å². The number of carbonyl (C=O) groups is 1. The van der Waals surface area contributed by atoms with Gasteiger partial charge >= 0.3 is 12.6 Å². The summed E-state index contributed by atoms with van der Waals surface area (Å²) in [6.45, 7) is -2.92. The predicted octanol–water partition coefficient (Wildman–Crippen LogP) is 3.40. The van der Waals surface area contributed by atoms with E-state index >= 15 is 0 Å². The molecule has 1 aromatic carbocycles. The molecule has 0 fully saturated rings. The van der Waals surface area contributed by atoms with Gasteiger partial charge in [-0.05, 0) is 25.0 Å². The smallest absolute Gasteiger partial charge is 0.387 e. The molecule has 0 spiro atoms. The van der Waals surface area contributed by atoms with Gasteiger partial charge < -0.3 is 9.47 Å². The zero-order valence-corrected chi connectivity index (χ0v) is 11.4. The highest BCUT2D eigenvalue weighted by molar-refractivity contribution is 9.09. The highest BCUT2D eigenvalue weighted by atomic mass is 79.9. The average Bonchev–Trinajstić information content (AvgIpc) is 2.35. The molecule has 3 nitrogen and oxygen atoms in total. The van der Waals surface area contributed by atoms with Crippen molar-refractivity contribution in [2.75, 3.05) is 12.4 Å². The first kappa shape index (κ1) is 14.9. The molecule has 0 bridgehead atoms. The van der Waals surface area contributed by atoms with Gasteiger partial charge in [0.15, 0.2) is 0 Å². The van der Waals surface area contributed by atoms with Gasteiger partial charge in [0.05, 0.1) is 12.7 Å². The maximum atomic E-state index is 12.3. The molecular weight excluding hydrogens is 310 g/mol. The zero-order valence-electron chi connectivity index (χ0n) is 9.79. The Balaban J connectivity index is 3.12. The molecule has 0 amide bonds. The van der Waals surface area contributed by atoms with Gasteiger partial charge in [0.1, 0.15) is 5.75 Å². The van der Waals surface area contributed by atoms with Crippen LogP contribution in [0.3, 0.4) is 0 Å². The fraction of sp³-hybridized carbons (Fsp3) is 0.417. The molecule has 6 heteroatoms. The molecule has 1 aromatic rings. The van der Waals surface area contributed by atoms with Gasteiger partial charge in [0.2, 0.25) is 0 Å². The number of rotatable bonds is 6. The van der Waals surface area contributed by atoms with Crippen LogP contribution in [-0.2, 0) is 11.2 Å². The van der Waals surface area contributed by atoms with E-state index in [2.05, 4.69) is 25.4 Å². The summed E-state index contributed by atoms with van der Waals surface area (Å²) in [5, 5.41) is 0.705. The van der Waals surface area contributed by atoms with Crippen molar-refractivity contribution >= 4 is 21.9 Å². The van der Waals surface area contributed by atoms with Crippen LogP contribution in [0.4, 0.5) is 8.78 Å². The Bertz CT molecular complexity index is 410. The number of carbonyl (C=O) groups excluding carboxylic acids is 1. The summed E-state index contributed by atoms with van der Waals surface area (Å²) in [4.78, 5) is 11.6. The topological polar surface area (TPSA) is 35.5 Å². The summed E-state index contributed by atoms with van der Waals surface area (Å²) in [6, 6.07) is 4.44. The van der Waals surface area contributed by atoms with E-state index in [0.29, 0.717) is 23.7 Å². The molecule has 0 aromatic heterocycles. The van der Waals surface area contributed by atoms with Crippen molar-refractivity contribution in [3.8, 4) is 5.75 Å². The van der Waals surface area contributed by atoms with E-state index < -0.39 is 12.6 Å². The number of benzene rings is 1. The van der Waals surface area contributed by atoms with E-state index in [4.69, 9.17) is 0 Å². The molecule has 0 aliphatic carbocycles. The van der Waals surface area contributed by atoms with Gasteiger partial charge in [-0.15, -0.1) is 0 Å². The minimum absolute atomic E-state index is 0.0221. The van der Waals surface area contributed by atoms with Crippen molar-refractivity contribution in [3.05, 3.63) is 29.3 Å². The molecule has 0 atom stereocenters. The van der Waals surface area contributed by atoms with Crippen LogP contribution in [0.1, 0.15) is 22.3 Å². The van der Waals surface area contributed by atoms with Crippen LogP contribution in [0.15, 0.2) is 18.2 Å². The molecule has 18 heavy (non-hydrogen) atoms. The highest BCUT2D eigenvalue weighted by Crippen LogP contribution is 2.26. The van der Waals surface area contributed by atoms with Crippen LogP contribution in [0.25, 0.3) is 0 Å². The Kier molecular flexibility index (Phi) is 6.04. The van der Waals surface area contributed by atoms with Crippen LogP contribution < -0.4 is 4.74 Å². The first-order valence-corrected chi connectivity index (χ1v) is 6.43. The monoisotopic (exact) mass is 322 g/mol. The van der Waals surface area contributed by atoms with E-state index in [0.717, 1.165) is 0 Å². The summed E-state index contributed by atoms with van der Waals surface area (Å²) < 4.78 is 33.6. The molecule has 0 saturated heterocycles. The number of esters is 1. The summed E-state index contributed by atoms with van der Waals surface area (Å²) >= 11 is 3.26. The van der Waals surface area contributed by atoms with Crippen molar-refractivity contribution in [2.45, 2.75) is 19.5 Å². The fourth-order valence-electron chi connectivity index (χ4n) is 1.57. The van der Waals surface area contributed by atoms with E-state index in [9.17, 15) is 13.6 Å². The van der Waals surface area contributed by atoms with Gasteiger partial charge in [-0.25, -0.2) is 4.79 Å². The second-order valence-corrected chi connectivity index (χ2v) is 4.24.